The largest absolute Gasteiger partial charge is 0.497 e. The van der Waals surface area contributed by atoms with Crippen LogP contribution in [0, 0.1) is 6.92 Å². The van der Waals surface area contributed by atoms with Gasteiger partial charge >= 0.3 is 0 Å². The number of hydrogen-bond acceptors (Lipinski definition) is 5. The number of carbonyl (C=O) groups excluding carboxylic acids is 1. The molecule has 0 aliphatic heterocycles. The van der Waals surface area contributed by atoms with E-state index in [1.165, 1.54) is 22.3 Å². The number of nitrogens with one attached hydrogen (secondary N) is 1. The Morgan fingerprint density at radius 2 is 1.67 bits per heavy atom. The molecule has 0 unspecified atom stereocenters. The van der Waals surface area contributed by atoms with Gasteiger partial charge in [0.2, 0.25) is 0 Å². The summed E-state index contributed by atoms with van der Waals surface area (Å²) < 4.78 is 7.33. The summed E-state index contributed by atoms with van der Waals surface area (Å²) >= 11 is 1.66. The van der Waals surface area contributed by atoms with Gasteiger partial charge in [0.15, 0.2) is 11.0 Å². The minimum Gasteiger partial charge on any atom is -0.497 e. The van der Waals surface area contributed by atoms with Gasteiger partial charge in [0.05, 0.1) is 19.3 Å². The predicted molar refractivity (Wildman–Crippen MR) is 145 cm³/mol. The summed E-state index contributed by atoms with van der Waals surface area (Å²) in [5, 5.41) is 12.9. The number of para-hydroxylation sites is 1. The van der Waals surface area contributed by atoms with E-state index < -0.39 is 0 Å². The number of benzene rings is 3. The summed E-state index contributed by atoms with van der Waals surface area (Å²) in [7, 11) is 1.61. The van der Waals surface area contributed by atoms with Crippen LogP contribution in [0.2, 0.25) is 0 Å². The molecule has 1 amide bonds. The highest BCUT2D eigenvalue weighted by atomic mass is 32.2. The summed E-state index contributed by atoms with van der Waals surface area (Å²) in [4.78, 5) is 12.8. The smallest absolute Gasteiger partial charge is 0.251 e. The number of methoxy groups -OCH3 is 1. The van der Waals surface area contributed by atoms with Crippen LogP contribution in [0.15, 0.2) is 71.9 Å². The first-order valence-electron chi connectivity index (χ1n) is 12.2. The minimum atomic E-state index is -0.166. The molecule has 0 aliphatic rings. The van der Waals surface area contributed by atoms with Crippen LogP contribution in [0.1, 0.15) is 52.3 Å². The molecule has 0 atom stereocenters. The predicted octanol–water partition coefficient (Wildman–Crippen LogP) is 5.93. The van der Waals surface area contributed by atoms with Crippen LogP contribution in [-0.2, 0) is 25.1 Å². The number of amides is 1. The highest BCUT2D eigenvalue weighted by molar-refractivity contribution is 7.98. The van der Waals surface area contributed by atoms with Crippen molar-refractivity contribution in [1.29, 1.82) is 0 Å². The molecular formula is C29H32N4O2S. The third-order valence-corrected chi connectivity index (χ3v) is 7.10. The van der Waals surface area contributed by atoms with E-state index in [-0.39, 0.29) is 12.5 Å². The van der Waals surface area contributed by atoms with Gasteiger partial charge in [0.1, 0.15) is 5.75 Å². The van der Waals surface area contributed by atoms with Gasteiger partial charge < -0.3 is 10.1 Å². The van der Waals surface area contributed by atoms with Crippen LogP contribution in [0.5, 0.6) is 5.75 Å². The second kappa shape index (κ2) is 11.9. The highest BCUT2D eigenvalue weighted by Gasteiger charge is 2.20. The van der Waals surface area contributed by atoms with Gasteiger partial charge in [-0.1, -0.05) is 73.6 Å². The van der Waals surface area contributed by atoms with E-state index in [9.17, 15) is 4.79 Å². The number of rotatable bonds is 10. The van der Waals surface area contributed by atoms with Crippen molar-refractivity contribution in [2.24, 2.45) is 0 Å². The van der Waals surface area contributed by atoms with Gasteiger partial charge in [0, 0.05) is 11.3 Å². The number of thioether (sulfide) groups is 1. The SMILES string of the molecule is CCc1cccc(CC)c1-n1c(CNC(=O)c2ccc(OC)cc2)nnc1SCc1cccc(C)c1. The first-order valence-corrected chi connectivity index (χ1v) is 13.2. The number of aryl methyl sites for hydroxylation is 3. The minimum absolute atomic E-state index is 0.166. The molecule has 0 aliphatic carbocycles. The molecule has 0 spiro atoms. The number of nitrogens with zero attached hydrogens (tertiary/aromatic N) is 3. The van der Waals surface area contributed by atoms with E-state index in [0.717, 1.165) is 29.4 Å². The maximum atomic E-state index is 12.8. The molecule has 0 saturated heterocycles. The van der Waals surface area contributed by atoms with Gasteiger partial charge in [-0.05, 0) is 60.7 Å². The topological polar surface area (TPSA) is 69.0 Å². The molecule has 6 nitrogen and oxygen atoms in total. The monoisotopic (exact) mass is 500 g/mol. The van der Waals surface area contributed by atoms with Crippen molar-refractivity contribution in [2.75, 3.05) is 7.11 Å². The van der Waals surface area contributed by atoms with Gasteiger partial charge in [-0.15, -0.1) is 10.2 Å². The Morgan fingerprint density at radius 1 is 0.972 bits per heavy atom. The molecule has 0 bridgehead atoms. The second-order valence-corrected chi connectivity index (χ2v) is 9.50. The van der Waals surface area contributed by atoms with Gasteiger partial charge in [-0.25, -0.2) is 0 Å². The Kier molecular flexibility index (Phi) is 8.44. The molecule has 1 N–H and O–H groups in total. The Hall–Kier alpha value is -3.58. The molecule has 4 aromatic rings. The highest BCUT2D eigenvalue weighted by Crippen LogP contribution is 2.30. The molecule has 1 aromatic heterocycles. The van der Waals surface area contributed by atoms with Crippen molar-refractivity contribution >= 4 is 17.7 Å². The first kappa shape index (κ1) is 25.5. The number of ether oxygens (including phenoxy) is 1. The Morgan fingerprint density at radius 3 is 2.31 bits per heavy atom. The summed E-state index contributed by atoms with van der Waals surface area (Å²) in [6.07, 6.45) is 1.78. The standard InChI is InChI=1S/C29H32N4O2S/c1-5-22-11-8-12-23(6-2)27(22)33-26(18-30-28(34)24-13-15-25(35-4)16-14-24)31-32-29(33)36-19-21-10-7-9-20(3)17-21/h7-17H,5-6,18-19H2,1-4H3,(H,30,34). The Labute approximate surface area is 217 Å². The maximum absolute atomic E-state index is 12.8. The molecule has 4 rings (SSSR count). The third-order valence-electron chi connectivity index (χ3n) is 6.10. The molecular weight excluding hydrogens is 468 g/mol. The van der Waals surface area contributed by atoms with Crippen molar-refractivity contribution in [2.45, 2.75) is 51.1 Å². The van der Waals surface area contributed by atoms with Crippen LogP contribution in [0.25, 0.3) is 5.69 Å². The molecule has 0 radical (unpaired) electrons. The van der Waals surface area contributed by atoms with E-state index in [1.807, 2.05) is 0 Å². The van der Waals surface area contributed by atoms with E-state index >= 15 is 0 Å². The zero-order valence-electron chi connectivity index (χ0n) is 21.2. The summed E-state index contributed by atoms with van der Waals surface area (Å²) in [5.74, 6) is 2.04. The first-order chi connectivity index (χ1) is 17.5. The lowest BCUT2D eigenvalue weighted by atomic mass is 10.0. The molecule has 0 fully saturated rings. The Bertz CT molecular complexity index is 1310. The summed E-state index contributed by atoms with van der Waals surface area (Å²) in [6.45, 7) is 6.69. The molecule has 0 saturated carbocycles. The fraction of sp³-hybridized carbons (Fsp3) is 0.276. The van der Waals surface area contributed by atoms with Crippen molar-refractivity contribution in [3.05, 3.63) is 100 Å². The lowest BCUT2D eigenvalue weighted by Gasteiger charge is -2.18. The van der Waals surface area contributed by atoms with E-state index in [1.54, 1.807) is 43.1 Å². The molecule has 36 heavy (non-hydrogen) atoms. The van der Waals surface area contributed by atoms with E-state index in [0.29, 0.717) is 17.1 Å². The number of carbonyl (C=O) groups is 1. The van der Waals surface area contributed by atoms with Crippen molar-refractivity contribution in [1.82, 2.24) is 20.1 Å². The fourth-order valence-electron chi connectivity index (χ4n) is 4.19. The number of hydrogen-bond donors (Lipinski definition) is 1. The third kappa shape index (κ3) is 5.79. The van der Waals surface area contributed by atoms with E-state index in [4.69, 9.17) is 4.74 Å². The summed E-state index contributed by atoms with van der Waals surface area (Å²) in [5.41, 5.74) is 6.63. The average Bonchev–Trinajstić information content (AvgIpc) is 3.32. The Balaban J connectivity index is 1.66. The van der Waals surface area contributed by atoms with Gasteiger partial charge in [-0.3, -0.25) is 9.36 Å². The van der Waals surface area contributed by atoms with Crippen molar-refractivity contribution in [3.63, 3.8) is 0 Å². The van der Waals surface area contributed by atoms with E-state index in [2.05, 4.69) is 83.3 Å². The van der Waals surface area contributed by atoms with Gasteiger partial charge in [-0.2, -0.15) is 0 Å². The lowest BCUT2D eigenvalue weighted by Crippen LogP contribution is -2.25. The number of aromatic nitrogens is 3. The summed E-state index contributed by atoms with van der Waals surface area (Å²) in [6, 6.07) is 22.0. The van der Waals surface area contributed by atoms with Crippen LogP contribution < -0.4 is 10.1 Å². The van der Waals surface area contributed by atoms with Crippen LogP contribution in [0.3, 0.4) is 0 Å². The molecule has 7 heteroatoms. The second-order valence-electron chi connectivity index (χ2n) is 8.56. The van der Waals surface area contributed by atoms with Crippen molar-refractivity contribution in [3.8, 4) is 11.4 Å². The van der Waals surface area contributed by atoms with Crippen LogP contribution in [-0.4, -0.2) is 27.8 Å². The maximum Gasteiger partial charge on any atom is 0.251 e. The molecule has 1 heterocycles. The molecule has 186 valence electrons. The normalized spacial score (nSPS) is 10.9. The fourth-order valence-corrected chi connectivity index (χ4v) is 5.09. The molecule has 3 aromatic carbocycles. The van der Waals surface area contributed by atoms with Gasteiger partial charge in [0.25, 0.3) is 5.91 Å². The lowest BCUT2D eigenvalue weighted by molar-refractivity contribution is 0.0949. The zero-order valence-corrected chi connectivity index (χ0v) is 22.1. The van der Waals surface area contributed by atoms with Crippen molar-refractivity contribution < 1.29 is 9.53 Å². The van der Waals surface area contributed by atoms with Crippen LogP contribution in [0.4, 0.5) is 0 Å². The average molecular weight is 501 g/mol. The quantitative estimate of drug-likeness (QED) is 0.273. The van der Waals surface area contributed by atoms with Crippen LogP contribution >= 0.6 is 11.8 Å². The zero-order chi connectivity index (χ0) is 25.5.